The Morgan fingerprint density at radius 2 is 2.17 bits per heavy atom. The van der Waals surface area contributed by atoms with Gasteiger partial charge in [0.05, 0.1) is 10.4 Å². The number of alkyl halides is 1. The molecule has 0 N–H and O–H groups in total. The van der Waals surface area contributed by atoms with Crippen LogP contribution in [0, 0.1) is 11.8 Å². The molecule has 0 fully saturated rings. The van der Waals surface area contributed by atoms with E-state index >= 15 is 0 Å². The fraction of sp³-hybridized carbons (Fsp3) is 0.111. The average molecular weight is 308 g/mol. The highest BCUT2D eigenvalue weighted by Gasteiger charge is 1.95. The zero-order valence-corrected chi connectivity index (χ0v) is 10.0. The third kappa shape index (κ3) is 2.82. The van der Waals surface area contributed by atoms with E-state index in [0.717, 1.165) is 10.0 Å². The molecule has 0 atom stereocenters. The van der Waals surface area contributed by atoms with Gasteiger partial charge >= 0.3 is 0 Å². The molecule has 0 aromatic heterocycles. The highest BCUT2D eigenvalue weighted by atomic mass is 79.9. The molecule has 0 heterocycles. The lowest BCUT2D eigenvalue weighted by atomic mass is 10.2. The van der Waals surface area contributed by atoms with Crippen molar-refractivity contribution in [2.24, 2.45) is 0 Å². The van der Waals surface area contributed by atoms with Crippen LogP contribution in [0.4, 0.5) is 0 Å². The van der Waals surface area contributed by atoms with Gasteiger partial charge in [0.1, 0.15) is 0 Å². The third-order valence-electron chi connectivity index (χ3n) is 1.22. The van der Waals surface area contributed by atoms with Crippen LogP contribution in [-0.4, -0.2) is 5.33 Å². The van der Waals surface area contributed by atoms with Crippen molar-refractivity contribution in [2.45, 2.75) is 0 Å². The molecule has 0 spiro atoms. The molecule has 1 aromatic rings. The Bertz CT molecular complexity index is 336. The summed E-state index contributed by atoms with van der Waals surface area (Å²) in [5.74, 6) is 5.86. The lowest BCUT2D eigenvalue weighted by Crippen LogP contribution is -1.75. The molecule has 62 valence electrons. The molecule has 0 amide bonds. The Balaban J connectivity index is 2.97. The van der Waals surface area contributed by atoms with E-state index in [9.17, 15) is 0 Å². The molecule has 0 nitrogen and oxygen atoms in total. The Morgan fingerprint density at radius 1 is 1.42 bits per heavy atom. The van der Waals surface area contributed by atoms with Gasteiger partial charge in [-0.3, -0.25) is 0 Å². The first-order chi connectivity index (χ1) is 5.74. The Labute approximate surface area is 93.6 Å². The third-order valence-corrected chi connectivity index (χ3v) is 2.73. The van der Waals surface area contributed by atoms with Crippen LogP contribution in [-0.2, 0) is 0 Å². The summed E-state index contributed by atoms with van der Waals surface area (Å²) < 4.78 is 0.897. The number of halogens is 3. The smallest absolute Gasteiger partial charge is 0.0649 e. The van der Waals surface area contributed by atoms with E-state index in [0.29, 0.717) is 10.4 Å². The van der Waals surface area contributed by atoms with Crippen molar-refractivity contribution in [1.82, 2.24) is 0 Å². The van der Waals surface area contributed by atoms with Gasteiger partial charge in [-0.2, -0.15) is 0 Å². The summed E-state index contributed by atoms with van der Waals surface area (Å²) >= 11 is 12.4. The average Bonchev–Trinajstić information content (AvgIpc) is 2.07. The molecule has 0 aliphatic carbocycles. The van der Waals surface area contributed by atoms with Gasteiger partial charge in [-0.15, -0.1) is 0 Å². The summed E-state index contributed by atoms with van der Waals surface area (Å²) in [6.45, 7) is 0. The molecular formula is C9H5Br2Cl. The van der Waals surface area contributed by atoms with Crippen LogP contribution in [0.5, 0.6) is 0 Å². The van der Waals surface area contributed by atoms with E-state index in [1.54, 1.807) is 0 Å². The van der Waals surface area contributed by atoms with E-state index in [1.807, 2.05) is 18.2 Å². The van der Waals surface area contributed by atoms with Crippen LogP contribution < -0.4 is 0 Å². The summed E-state index contributed by atoms with van der Waals surface area (Å²) in [6.07, 6.45) is 0. The van der Waals surface area contributed by atoms with Crippen molar-refractivity contribution in [2.75, 3.05) is 5.33 Å². The van der Waals surface area contributed by atoms with Gasteiger partial charge < -0.3 is 0 Å². The van der Waals surface area contributed by atoms with Crippen molar-refractivity contribution in [1.29, 1.82) is 0 Å². The lowest BCUT2D eigenvalue weighted by molar-refractivity contribution is 1.60. The minimum Gasteiger partial charge on any atom is -0.0863 e. The number of hydrogen-bond donors (Lipinski definition) is 0. The Hall–Kier alpha value is 0.0300. The van der Waals surface area contributed by atoms with Crippen LogP contribution >= 0.6 is 43.5 Å². The summed E-state index contributed by atoms with van der Waals surface area (Å²) in [5.41, 5.74) is 0.933. The monoisotopic (exact) mass is 306 g/mol. The minimum atomic E-state index is 0.681. The largest absolute Gasteiger partial charge is 0.0863 e. The Morgan fingerprint density at radius 3 is 2.75 bits per heavy atom. The minimum absolute atomic E-state index is 0.681. The maximum atomic E-state index is 5.87. The van der Waals surface area contributed by atoms with Gasteiger partial charge in [0.15, 0.2) is 0 Å². The number of hydrogen-bond acceptors (Lipinski definition) is 0. The van der Waals surface area contributed by atoms with Crippen molar-refractivity contribution >= 4 is 43.5 Å². The van der Waals surface area contributed by atoms with Crippen LogP contribution in [0.25, 0.3) is 0 Å². The molecule has 0 unspecified atom stereocenters. The molecule has 0 saturated heterocycles. The van der Waals surface area contributed by atoms with Crippen LogP contribution in [0.1, 0.15) is 5.56 Å². The van der Waals surface area contributed by atoms with Crippen LogP contribution in [0.3, 0.4) is 0 Å². The van der Waals surface area contributed by atoms with Crippen molar-refractivity contribution in [3.05, 3.63) is 33.3 Å². The molecule has 3 heteroatoms. The topological polar surface area (TPSA) is 0 Å². The lowest BCUT2D eigenvalue weighted by Gasteiger charge is -1.94. The SMILES string of the molecule is Clc1cc(C#CCBr)ccc1Br. The highest BCUT2D eigenvalue weighted by molar-refractivity contribution is 9.10. The molecule has 0 bridgehead atoms. The van der Waals surface area contributed by atoms with Crippen molar-refractivity contribution in [3.8, 4) is 11.8 Å². The first-order valence-electron chi connectivity index (χ1n) is 3.24. The zero-order chi connectivity index (χ0) is 8.97. The molecule has 1 rings (SSSR count). The van der Waals surface area contributed by atoms with E-state index in [2.05, 4.69) is 43.7 Å². The fourth-order valence-corrected chi connectivity index (χ4v) is 1.28. The van der Waals surface area contributed by atoms with E-state index in [-0.39, 0.29) is 0 Å². The first-order valence-corrected chi connectivity index (χ1v) is 5.53. The predicted molar refractivity (Wildman–Crippen MR) is 59.8 cm³/mol. The molecule has 0 saturated carbocycles. The van der Waals surface area contributed by atoms with Crippen LogP contribution in [0.15, 0.2) is 22.7 Å². The molecule has 12 heavy (non-hydrogen) atoms. The standard InChI is InChI=1S/C9H5Br2Cl/c10-5-1-2-7-3-4-8(11)9(12)6-7/h3-4,6H,5H2. The van der Waals surface area contributed by atoms with Gasteiger partial charge in [-0.05, 0) is 34.1 Å². The van der Waals surface area contributed by atoms with Gasteiger partial charge in [-0.25, -0.2) is 0 Å². The summed E-state index contributed by atoms with van der Waals surface area (Å²) in [6, 6.07) is 5.65. The Kier molecular flexibility index (Phi) is 4.14. The molecule has 1 aromatic carbocycles. The summed E-state index contributed by atoms with van der Waals surface area (Å²) in [4.78, 5) is 0. The van der Waals surface area contributed by atoms with Gasteiger partial charge in [-0.1, -0.05) is 39.4 Å². The van der Waals surface area contributed by atoms with Gasteiger partial charge in [0, 0.05) is 10.0 Å². The van der Waals surface area contributed by atoms with Crippen molar-refractivity contribution < 1.29 is 0 Å². The fourth-order valence-electron chi connectivity index (χ4n) is 0.709. The second-order valence-corrected chi connectivity index (χ2v) is 3.89. The summed E-state index contributed by atoms with van der Waals surface area (Å²) in [7, 11) is 0. The second-order valence-electron chi connectivity index (χ2n) is 2.06. The maximum absolute atomic E-state index is 5.87. The van der Waals surface area contributed by atoms with E-state index in [1.165, 1.54) is 0 Å². The molecule has 0 radical (unpaired) electrons. The predicted octanol–water partition coefficient (Wildman–Crippen LogP) is 3.85. The van der Waals surface area contributed by atoms with Crippen LogP contribution in [0.2, 0.25) is 5.02 Å². The zero-order valence-electron chi connectivity index (χ0n) is 6.07. The van der Waals surface area contributed by atoms with Crippen molar-refractivity contribution in [3.63, 3.8) is 0 Å². The molecular weight excluding hydrogens is 303 g/mol. The molecule has 0 aliphatic heterocycles. The first kappa shape index (κ1) is 10.1. The van der Waals surface area contributed by atoms with Gasteiger partial charge in [0.25, 0.3) is 0 Å². The number of benzene rings is 1. The van der Waals surface area contributed by atoms with E-state index < -0.39 is 0 Å². The number of rotatable bonds is 0. The second kappa shape index (κ2) is 4.91. The highest BCUT2D eigenvalue weighted by Crippen LogP contribution is 2.22. The molecule has 0 aliphatic rings. The quantitative estimate of drug-likeness (QED) is 0.504. The van der Waals surface area contributed by atoms with Gasteiger partial charge in [0.2, 0.25) is 0 Å². The van der Waals surface area contributed by atoms with E-state index in [4.69, 9.17) is 11.6 Å². The maximum Gasteiger partial charge on any atom is 0.0649 e. The summed E-state index contributed by atoms with van der Waals surface area (Å²) in [5, 5.41) is 1.37. The normalized spacial score (nSPS) is 8.92.